The van der Waals surface area contributed by atoms with Crippen molar-refractivity contribution >= 4 is 23.6 Å². The van der Waals surface area contributed by atoms with E-state index in [4.69, 9.17) is 16.7 Å². The second-order valence-corrected chi connectivity index (χ2v) is 5.30. The van der Waals surface area contributed by atoms with Gasteiger partial charge in [-0.15, -0.1) is 0 Å². The van der Waals surface area contributed by atoms with Crippen LogP contribution >= 0.6 is 11.6 Å². The zero-order valence-electron chi connectivity index (χ0n) is 11.3. The number of nitrogens with one attached hydrogen (secondary N) is 1. The van der Waals surface area contributed by atoms with Gasteiger partial charge in [-0.3, -0.25) is 0 Å². The fraction of sp³-hybridized carbons (Fsp3) is 0.429. The van der Waals surface area contributed by atoms with E-state index in [1.54, 1.807) is 24.3 Å². The molecule has 6 nitrogen and oxygen atoms in total. The first-order chi connectivity index (χ1) is 10.0. The van der Waals surface area contributed by atoms with Gasteiger partial charge in [0.15, 0.2) is 6.04 Å². The van der Waals surface area contributed by atoms with Crippen molar-refractivity contribution in [2.24, 2.45) is 0 Å². The molecule has 1 fully saturated rings. The SMILES string of the molecule is O=C(O)[C@H](NC(=O)N(CCO)C1CC1)c1ccccc1Cl. The standard InChI is InChI=1S/C14H17ClN2O4/c15-11-4-2-1-3-10(11)12(13(19)20)16-14(21)17(7-8-18)9-5-6-9/h1-4,9,12,18H,5-8H2,(H,16,21)(H,19,20)/t12-/m1/s1. The molecular weight excluding hydrogens is 296 g/mol. The van der Waals surface area contributed by atoms with Gasteiger partial charge < -0.3 is 20.4 Å². The lowest BCUT2D eigenvalue weighted by Crippen LogP contribution is -2.46. The lowest BCUT2D eigenvalue weighted by atomic mass is 10.1. The summed E-state index contributed by atoms with van der Waals surface area (Å²) >= 11 is 5.99. The summed E-state index contributed by atoms with van der Waals surface area (Å²) in [6.07, 6.45) is 1.74. The summed E-state index contributed by atoms with van der Waals surface area (Å²) < 4.78 is 0. The summed E-state index contributed by atoms with van der Waals surface area (Å²) in [5, 5.41) is 21.1. The van der Waals surface area contributed by atoms with Gasteiger partial charge in [0, 0.05) is 23.2 Å². The van der Waals surface area contributed by atoms with E-state index in [1.165, 1.54) is 4.90 Å². The monoisotopic (exact) mass is 312 g/mol. The second-order valence-electron chi connectivity index (χ2n) is 4.89. The third-order valence-electron chi connectivity index (χ3n) is 3.32. The zero-order chi connectivity index (χ0) is 15.4. The second kappa shape index (κ2) is 6.78. The molecule has 0 spiro atoms. The van der Waals surface area contributed by atoms with E-state index in [1.807, 2.05) is 0 Å². The number of aliphatic hydroxyl groups is 1. The van der Waals surface area contributed by atoms with Gasteiger partial charge in [-0.2, -0.15) is 0 Å². The summed E-state index contributed by atoms with van der Waals surface area (Å²) in [7, 11) is 0. The molecule has 1 atom stereocenters. The number of hydrogen-bond acceptors (Lipinski definition) is 3. The Kier molecular flexibility index (Phi) is 5.03. The predicted molar refractivity (Wildman–Crippen MR) is 77.2 cm³/mol. The summed E-state index contributed by atoms with van der Waals surface area (Å²) in [6.45, 7) is 0.0269. The van der Waals surface area contributed by atoms with E-state index in [-0.39, 0.29) is 24.2 Å². The average molecular weight is 313 g/mol. The molecule has 7 heteroatoms. The van der Waals surface area contributed by atoms with Gasteiger partial charge in [0.05, 0.1) is 6.61 Å². The van der Waals surface area contributed by atoms with Gasteiger partial charge in [0.1, 0.15) is 0 Å². The van der Waals surface area contributed by atoms with Crippen LogP contribution in [0.5, 0.6) is 0 Å². The van der Waals surface area contributed by atoms with Crippen molar-refractivity contribution in [1.82, 2.24) is 10.2 Å². The molecule has 3 N–H and O–H groups in total. The van der Waals surface area contributed by atoms with Crippen molar-refractivity contribution in [2.45, 2.75) is 24.9 Å². The van der Waals surface area contributed by atoms with Crippen molar-refractivity contribution < 1.29 is 19.8 Å². The van der Waals surface area contributed by atoms with Crippen LogP contribution in [0, 0.1) is 0 Å². The number of nitrogens with zero attached hydrogens (tertiary/aromatic N) is 1. The molecule has 1 aliphatic carbocycles. The number of carboxylic acids is 1. The number of urea groups is 1. The zero-order valence-corrected chi connectivity index (χ0v) is 12.1. The van der Waals surface area contributed by atoms with Gasteiger partial charge >= 0.3 is 12.0 Å². The van der Waals surface area contributed by atoms with Crippen LogP contribution < -0.4 is 5.32 Å². The number of carbonyl (C=O) groups excluding carboxylic acids is 1. The van der Waals surface area contributed by atoms with E-state index < -0.39 is 18.0 Å². The minimum Gasteiger partial charge on any atom is -0.479 e. The largest absolute Gasteiger partial charge is 0.479 e. The lowest BCUT2D eigenvalue weighted by molar-refractivity contribution is -0.139. The number of aliphatic carboxylic acids is 1. The van der Waals surface area contributed by atoms with Gasteiger partial charge in [-0.05, 0) is 18.9 Å². The first-order valence-electron chi connectivity index (χ1n) is 6.69. The topological polar surface area (TPSA) is 89.9 Å². The normalized spacial score (nSPS) is 15.3. The summed E-state index contributed by atoms with van der Waals surface area (Å²) in [6, 6.07) is 4.85. The van der Waals surface area contributed by atoms with Crippen molar-refractivity contribution in [2.75, 3.05) is 13.2 Å². The first kappa shape index (κ1) is 15.6. The van der Waals surface area contributed by atoms with Crippen LogP contribution in [0.2, 0.25) is 5.02 Å². The Labute approximate surface area is 127 Å². The Balaban J connectivity index is 2.14. The maximum atomic E-state index is 12.2. The Morgan fingerprint density at radius 3 is 2.57 bits per heavy atom. The molecule has 1 aliphatic rings. The minimum absolute atomic E-state index is 0.0813. The molecule has 114 valence electrons. The third kappa shape index (κ3) is 3.86. The molecule has 0 radical (unpaired) electrons. The molecule has 1 aromatic carbocycles. The smallest absolute Gasteiger partial charge is 0.331 e. The van der Waals surface area contributed by atoms with E-state index in [0.29, 0.717) is 5.56 Å². The van der Waals surface area contributed by atoms with Gasteiger partial charge in [-0.1, -0.05) is 29.8 Å². The van der Waals surface area contributed by atoms with Crippen molar-refractivity contribution in [3.63, 3.8) is 0 Å². The molecule has 1 aromatic rings. The summed E-state index contributed by atoms with van der Waals surface area (Å²) in [4.78, 5) is 25.1. The molecule has 0 aromatic heterocycles. The van der Waals surface area contributed by atoms with Crippen molar-refractivity contribution in [3.05, 3.63) is 34.9 Å². The molecule has 0 heterocycles. The summed E-state index contributed by atoms with van der Waals surface area (Å²) in [5.74, 6) is -1.18. The highest BCUT2D eigenvalue weighted by atomic mass is 35.5. The number of halogens is 1. The Morgan fingerprint density at radius 2 is 2.05 bits per heavy atom. The molecule has 0 aliphatic heterocycles. The van der Waals surface area contributed by atoms with E-state index >= 15 is 0 Å². The quantitative estimate of drug-likeness (QED) is 0.745. The Bertz CT molecular complexity index is 533. The molecule has 2 amide bonds. The fourth-order valence-corrected chi connectivity index (χ4v) is 2.38. The average Bonchev–Trinajstić information content (AvgIpc) is 3.27. The number of hydrogen-bond donors (Lipinski definition) is 3. The number of aliphatic hydroxyl groups excluding tert-OH is 1. The van der Waals surface area contributed by atoms with Crippen LogP contribution in [-0.4, -0.2) is 46.3 Å². The molecule has 0 unspecified atom stereocenters. The minimum atomic E-state index is -1.22. The van der Waals surface area contributed by atoms with E-state index in [9.17, 15) is 14.7 Å². The van der Waals surface area contributed by atoms with Crippen molar-refractivity contribution in [3.8, 4) is 0 Å². The van der Waals surface area contributed by atoms with Gasteiger partial charge in [0.2, 0.25) is 0 Å². The number of carbonyl (C=O) groups is 2. The first-order valence-corrected chi connectivity index (χ1v) is 7.07. The number of amides is 2. The van der Waals surface area contributed by atoms with E-state index in [0.717, 1.165) is 12.8 Å². The lowest BCUT2D eigenvalue weighted by Gasteiger charge is -2.24. The Morgan fingerprint density at radius 1 is 1.38 bits per heavy atom. The number of rotatable bonds is 6. The molecular formula is C14H17ClN2O4. The highest BCUT2D eigenvalue weighted by Gasteiger charge is 2.34. The molecule has 0 bridgehead atoms. The predicted octanol–water partition coefficient (Wildman–Crippen LogP) is 1.63. The van der Waals surface area contributed by atoms with Crippen LogP contribution in [0.25, 0.3) is 0 Å². The molecule has 2 rings (SSSR count). The van der Waals surface area contributed by atoms with Crippen LogP contribution in [0.3, 0.4) is 0 Å². The maximum absolute atomic E-state index is 12.2. The number of carboxylic acid groups (broad SMARTS) is 1. The van der Waals surface area contributed by atoms with Crippen LogP contribution in [0.4, 0.5) is 4.79 Å². The van der Waals surface area contributed by atoms with E-state index in [2.05, 4.69) is 5.32 Å². The highest BCUT2D eigenvalue weighted by Crippen LogP contribution is 2.28. The third-order valence-corrected chi connectivity index (χ3v) is 3.66. The van der Waals surface area contributed by atoms with Crippen LogP contribution in [-0.2, 0) is 4.79 Å². The highest BCUT2D eigenvalue weighted by molar-refractivity contribution is 6.31. The van der Waals surface area contributed by atoms with Gasteiger partial charge in [-0.25, -0.2) is 9.59 Å². The molecule has 1 saturated carbocycles. The number of benzene rings is 1. The molecule has 0 saturated heterocycles. The van der Waals surface area contributed by atoms with Crippen molar-refractivity contribution in [1.29, 1.82) is 0 Å². The van der Waals surface area contributed by atoms with Crippen LogP contribution in [0.15, 0.2) is 24.3 Å². The maximum Gasteiger partial charge on any atom is 0.331 e. The Hall–Kier alpha value is -1.79. The molecule has 21 heavy (non-hydrogen) atoms. The van der Waals surface area contributed by atoms with Crippen LogP contribution in [0.1, 0.15) is 24.4 Å². The van der Waals surface area contributed by atoms with Gasteiger partial charge in [0.25, 0.3) is 0 Å². The summed E-state index contributed by atoms with van der Waals surface area (Å²) in [5.41, 5.74) is 0.333. The fourth-order valence-electron chi connectivity index (χ4n) is 2.13.